The van der Waals surface area contributed by atoms with Crippen LogP contribution >= 0.6 is 0 Å². The lowest BCUT2D eigenvalue weighted by atomic mass is 9.44. The molecule has 0 heterocycles. The average molecular weight is 538 g/mol. The molecule has 218 valence electrons. The summed E-state index contributed by atoms with van der Waals surface area (Å²) in [5, 5.41) is 21.4. The quantitative estimate of drug-likeness (QED) is 0.186. The number of rotatable bonds is 14. The van der Waals surface area contributed by atoms with Crippen molar-refractivity contribution < 1.29 is 15.0 Å². The third kappa shape index (κ3) is 6.26. The van der Waals surface area contributed by atoms with Gasteiger partial charge in [0.25, 0.3) is 0 Å². The molecule has 0 aliphatic heterocycles. The molecule has 0 radical (unpaired) electrons. The Balaban J connectivity index is 1.34. The number of fused-ring (bicyclic) bond motifs is 5. The van der Waals surface area contributed by atoms with Gasteiger partial charge in [0.15, 0.2) is 0 Å². The number of allylic oxidation sites excluding steroid dienone is 1. The van der Waals surface area contributed by atoms with Crippen LogP contribution in [0.3, 0.4) is 0 Å². The third-order valence-corrected chi connectivity index (χ3v) is 11.1. The first-order valence-electron chi connectivity index (χ1n) is 16.1. The van der Waals surface area contributed by atoms with Crippen LogP contribution in [0.1, 0.15) is 127 Å². The maximum Gasteiger partial charge on any atom is 0.222 e. The highest BCUT2D eigenvalue weighted by Gasteiger charge is 2.63. The number of aryl methyl sites for hydroxylation is 1. The van der Waals surface area contributed by atoms with Crippen LogP contribution in [0.2, 0.25) is 0 Å². The van der Waals surface area contributed by atoms with E-state index in [1.807, 2.05) is 24.1 Å². The molecular formula is C35H55NO3. The van der Waals surface area contributed by atoms with Crippen molar-refractivity contribution in [2.45, 2.75) is 129 Å². The number of phenolic OH excluding ortho intramolecular Hbond substituents is 1. The van der Waals surface area contributed by atoms with E-state index in [4.69, 9.17) is 0 Å². The van der Waals surface area contributed by atoms with Gasteiger partial charge in [0.2, 0.25) is 5.91 Å². The number of hydrogen-bond acceptors (Lipinski definition) is 3. The molecule has 0 spiro atoms. The van der Waals surface area contributed by atoms with Gasteiger partial charge in [-0.3, -0.25) is 4.79 Å². The summed E-state index contributed by atoms with van der Waals surface area (Å²) < 4.78 is 0. The van der Waals surface area contributed by atoms with Gasteiger partial charge in [-0.05, 0) is 103 Å². The van der Waals surface area contributed by atoms with E-state index in [0.717, 1.165) is 57.9 Å². The Labute approximate surface area is 238 Å². The summed E-state index contributed by atoms with van der Waals surface area (Å²) >= 11 is 0. The molecule has 2 saturated carbocycles. The zero-order valence-electron chi connectivity index (χ0n) is 25.1. The van der Waals surface area contributed by atoms with Crippen molar-refractivity contribution in [1.82, 2.24) is 4.90 Å². The van der Waals surface area contributed by atoms with Gasteiger partial charge < -0.3 is 15.1 Å². The zero-order chi connectivity index (χ0) is 28.0. The van der Waals surface area contributed by atoms with E-state index in [1.54, 1.807) is 0 Å². The number of carbonyl (C=O) groups excluding carboxylic acids is 1. The molecule has 3 aliphatic carbocycles. The van der Waals surface area contributed by atoms with E-state index in [-0.39, 0.29) is 16.9 Å². The van der Waals surface area contributed by atoms with Gasteiger partial charge in [-0.25, -0.2) is 0 Å². The maximum absolute atomic E-state index is 12.4. The minimum atomic E-state index is -0.219. The first kappa shape index (κ1) is 30.2. The summed E-state index contributed by atoms with van der Waals surface area (Å²) in [6.07, 6.45) is 19.6. The van der Waals surface area contributed by atoms with Crippen molar-refractivity contribution in [3.05, 3.63) is 42.0 Å². The SMILES string of the molecule is C=CC12CCc3cc(O)ccc3[C@H]1[C@@H](CCCCCCN(C)C(=O)CCCCCCC)C[C@]1(C)[C@@H](O)CC[C@@H]21. The fraction of sp³-hybridized carbons (Fsp3) is 0.743. The number of amides is 1. The van der Waals surface area contributed by atoms with Gasteiger partial charge >= 0.3 is 0 Å². The van der Waals surface area contributed by atoms with Crippen LogP contribution in [0.5, 0.6) is 5.75 Å². The summed E-state index contributed by atoms with van der Waals surface area (Å²) in [6.45, 7) is 9.86. The summed E-state index contributed by atoms with van der Waals surface area (Å²) in [5.41, 5.74) is 2.71. The number of carbonyl (C=O) groups is 1. The third-order valence-electron chi connectivity index (χ3n) is 11.1. The second-order valence-electron chi connectivity index (χ2n) is 13.5. The molecule has 39 heavy (non-hydrogen) atoms. The minimum Gasteiger partial charge on any atom is -0.508 e. The van der Waals surface area contributed by atoms with Crippen molar-refractivity contribution in [3.8, 4) is 5.75 Å². The first-order chi connectivity index (χ1) is 18.8. The lowest BCUT2D eigenvalue weighted by Crippen LogP contribution is -2.54. The Kier molecular flexibility index (Phi) is 10.2. The lowest BCUT2D eigenvalue weighted by molar-refractivity contribution is -0.130. The van der Waals surface area contributed by atoms with Crippen molar-refractivity contribution in [1.29, 1.82) is 0 Å². The second kappa shape index (κ2) is 13.2. The average Bonchev–Trinajstić information content (AvgIpc) is 3.23. The van der Waals surface area contributed by atoms with Crippen molar-refractivity contribution in [2.75, 3.05) is 13.6 Å². The normalized spacial score (nSPS) is 31.3. The molecule has 0 saturated heterocycles. The Hall–Kier alpha value is -1.81. The van der Waals surface area contributed by atoms with E-state index < -0.39 is 0 Å². The summed E-state index contributed by atoms with van der Waals surface area (Å²) in [4.78, 5) is 14.4. The monoisotopic (exact) mass is 537 g/mol. The van der Waals surface area contributed by atoms with E-state index in [0.29, 0.717) is 35.8 Å². The van der Waals surface area contributed by atoms with Crippen LogP contribution in [0.4, 0.5) is 0 Å². The van der Waals surface area contributed by atoms with Gasteiger partial charge in [0.05, 0.1) is 6.10 Å². The van der Waals surface area contributed by atoms with E-state index >= 15 is 0 Å². The fourth-order valence-corrected chi connectivity index (χ4v) is 9.00. The van der Waals surface area contributed by atoms with Crippen LogP contribution in [0, 0.1) is 22.7 Å². The number of aliphatic hydroxyl groups is 1. The zero-order valence-corrected chi connectivity index (χ0v) is 25.1. The number of unbranched alkanes of at least 4 members (excludes halogenated alkanes) is 7. The molecule has 1 unspecified atom stereocenters. The van der Waals surface area contributed by atoms with Crippen molar-refractivity contribution >= 4 is 5.91 Å². The molecule has 1 aromatic carbocycles. The highest BCUT2D eigenvalue weighted by molar-refractivity contribution is 5.75. The molecule has 4 nitrogen and oxygen atoms in total. The number of hydrogen-bond donors (Lipinski definition) is 2. The largest absolute Gasteiger partial charge is 0.508 e. The Morgan fingerprint density at radius 2 is 1.85 bits per heavy atom. The maximum atomic E-state index is 12.4. The molecule has 4 rings (SSSR count). The topological polar surface area (TPSA) is 60.8 Å². The standard InChI is InChI=1S/C35H55NO3/c1-5-7-8-9-13-16-32(39)36(4)23-14-11-10-12-15-27-25-34(3)30(19-20-31(34)38)35(6-2)22-21-26-24-28(37)17-18-29(26)33(27)35/h6,17-18,24,27,30-31,33,37-38H,2,5,7-16,19-23,25H2,1,3-4H3/t27-,30+,31-,33+,34-,35?/m0/s1. The molecule has 0 bridgehead atoms. The fourth-order valence-electron chi connectivity index (χ4n) is 9.00. The second-order valence-corrected chi connectivity index (χ2v) is 13.5. The van der Waals surface area contributed by atoms with Crippen molar-refractivity contribution in [2.24, 2.45) is 22.7 Å². The Morgan fingerprint density at radius 3 is 2.62 bits per heavy atom. The van der Waals surface area contributed by atoms with E-state index in [2.05, 4.69) is 32.6 Å². The van der Waals surface area contributed by atoms with Crippen molar-refractivity contribution in [3.63, 3.8) is 0 Å². The predicted molar refractivity (Wildman–Crippen MR) is 161 cm³/mol. The lowest BCUT2D eigenvalue weighted by Gasteiger charge is -2.60. The first-order valence-corrected chi connectivity index (χ1v) is 16.1. The number of aliphatic hydroxyl groups excluding tert-OH is 1. The molecule has 3 aliphatic rings. The van der Waals surface area contributed by atoms with Gasteiger partial charge in [-0.1, -0.05) is 70.9 Å². The minimum absolute atomic E-state index is 0.0265. The molecule has 1 aromatic rings. The van der Waals surface area contributed by atoms with Gasteiger partial charge in [0.1, 0.15) is 5.75 Å². The van der Waals surface area contributed by atoms with Gasteiger partial charge in [0, 0.05) is 20.0 Å². The molecule has 4 heteroatoms. The smallest absolute Gasteiger partial charge is 0.222 e. The highest BCUT2D eigenvalue weighted by atomic mass is 16.3. The van der Waals surface area contributed by atoms with E-state index in [1.165, 1.54) is 56.1 Å². The molecule has 1 amide bonds. The molecule has 6 atom stereocenters. The molecular weight excluding hydrogens is 482 g/mol. The summed E-state index contributed by atoms with van der Waals surface area (Å²) in [5.74, 6) is 2.07. The molecule has 2 N–H and O–H groups in total. The van der Waals surface area contributed by atoms with Crippen LogP contribution in [0.25, 0.3) is 0 Å². The summed E-state index contributed by atoms with van der Waals surface area (Å²) in [7, 11) is 1.97. The predicted octanol–water partition coefficient (Wildman–Crippen LogP) is 8.16. The Bertz CT molecular complexity index is 975. The Morgan fingerprint density at radius 1 is 1.10 bits per heavy atom. The van der Waals surface area contributed by atoms with Crippen LogP contribution in [0.15, 0.2) is 30.9 Å². The van der Waals surface area contributed by atoms with E-state index in [9.17, 15) is 15.0 Å². The molecule has 0 aromatic heterocycles. The number of benzene rings is 1. The van der Waals surface area contributed by atoms with Gasteiger partial charge in [-0.15, -0.1) is 6.58 Å². The summed E-state index contributed by atoms with van der Waals surface area (Å²) in [6, 6.07) is 6.04. The van der Waals surface area contributed by atoms with Crippen LogP contribution in [-0.4, -0.2) is 40.7 Å². The van der Waals surface area contributed by atoms with Gasteiger partial charge in [-0.2, -0.15) is 0 Å². The number of aromatic hydroxyl groups is 1. The number of nitrogens with zero attached hydrogens (tertiary/aromatic N) is 1. The van der Waals surface area contributed by atoms with Crippen LogP contribution in [-0.2, 0) is 11.2 Å². The number of phenols is 1. The molecule has 2 fully saturated rings. The highest BCUT2D eigenvalue weighted by Crippen LogP contribution is 2.69. The van der Waals surface area contributed by atoms with Crippen LogP contribution < -0.4 is 0 Å².